The van der Waals surface area contributed by atoms with Crippen LogP contribution in [0.4, 0.5) is 5.95 Å². The fraction of sp³-hybridized carbons (Fsp3) is 0.471. The van der Waals surface area contributed by atoms with Crippen LogP contribution in [0.2, 0.25) is 0 Å². The average Bonchev–Trinajstić information content (AvgIpc) is 2.89. The third-order valence-corrected chi connectivity index (χ3v) is 3.80. The van der Waals surface area contributed by atoms with E-state index in [0.717, 1.165) is 24.0 Å². The zero-order valence-corrected chi connectivity index (χ0v) is 15.6. The van der Waals surface area contributed by atoms with Gasteiger partial charge in [0, 0.05) is 6.54 Å². The molecule has 2 aromatic rings. The normalized spacial score (nSPS) is 11.9. The summed E-state index contributed by atoms with van der Waals surface area (Å²) in [5, 5.41) is 5.32. The topological polar surface area (TPSA) is 102 Å². The quantitative estimate of drug-likeness (QED) is 0.695. The van der Waals surface area contributed by atoms with E-state index in [1.807, 2.05) is 42.7 Å². The largest absolute Gasteiger partial charge is 0.346 e. The first-order valence-corrected chi connectivity index (χ1v) is 8.22. The number of carbonyl (C=O) groups excluding carboxylic acids is 2. The van der Waals surface area contributed by atoms with Crippen LogP contribution in [0.15, 0.2) is 24.3 Å². The summed E-state index contributed by atoms with van der Waals surface area (Å²) in [4.78, 5) is 28.4. The Morgan fingerprint density at radius 3 is 2.60 bits per heavy atom. The molecule has 2 amide bonds. The molecular formula is C17H26ClN5O2. The monoisotopic (exact) mass is 367 g/mol. The first-order chi connectivity index (χ1) is 11.4. The first kappa shape index (κ1) is 20.9. The Hall–Kier alpha value is -2.12. The van der Waals surface area contributed by atoms with Gasteiger partial charge in [-0.1, -0.05) is 32.9 Å². The van der Waals surface area contributed by atoms with Crippen molar-refractivity contribution >= 4 is 41.2 Å². The highest BCUT2D eigenvalue weighted by atomic mass is 35.5. The number of nitrogens with two attached hydrogens (primary N) is 1. The maximum Gasteiger partial charge on any atom is 0.246 e. The van der Waals surface area contributed by atoms with Crippen molar-refractivity contribution in [1.82, 2.24) is 14.9 Å². The molecule has 0 saturated carbocycles. The van der Waals surface area contributed by atoms with Crippen molar-refractivity contribution in [2.75, 3.05) is 11.9 Å². The molecule has 4 N–H and O–H groups in total. The van der Waals surface area contributed by atoms with Gasteiger partial charge in [-0.25, -0.2) is 4.98 Å². The van der Waals surface area contributed by atoms with E-state index in [1.54, 1.807) is 0 Å². The highest BCUT2D eigenvalue weighted by Crippen LogP contribution is 2.19. The van der Waals surface area contributed by atoms with Crippen molar-refractivity contribution in [1.29, 1.82) is 0 Å². The number of halogens is 1. The Bertz CT molecular complexity index is 729. The molecule has 25 heavy (non-hydrogen) atoms. The maximum atomic E-state index is 12.1. The minimum Gasteiger partial charge on any atom is -0.346 e. The zero-order chi connectivity index (χ0) is 17.7. The van der Waals surface area contributed by atoms with Gasteiger partial charge in [0.05, 0.1) is 23.6 Å². The molecule has 2 rings (SSSR count). The lowest BCUT2D eigenvalue weighted by Gasteiger charge is -2.15. The molecule has 0 aliphatic rings. The average molecular weight is 368 g/mol. The molecule has 1 aromatic carbocycles. The van der Waals surface area contributed by atoms with E-state index in [0.29, 0.717) is 5.95 Å². The van der Waals surface area contributed by atoms with Gasteiger partial charge in [0.15, 0.2) is 0 Å². The number of carbonyl (C=O) groups is 2. The molecule has 1 aromatic heterocycles. The number of hydrogen-bond donors (Lipinski definition) is 3. The van der Waals surface area contributed by atoms with Gasteiger partial charge in [0.25, 0.3) is 0 Å². The molecule has 0 aliphatic carbocycles. The molecule has 0 fully saturated rings. The van der Waals surface area contributed by atoms with Gasteiger partial charge in [0.1, 0.15) is 0 Å². The second-order valence-electron chi connectivity index (χ2n) is 6.11. The standard InChI is InChI=1S/C17H25N5O2.ClH/c1-4-9-22-13-8-6-5-7-12(13)20-17(22)21-14(23)10-19-16(24)15(18)11(2)3;/h5-8,11,15H,4,9-10,18H2,1-3H3,(H,19,24)(H,20,21,23);1H/t15-;/m0./s1. The number of amides is 2. The lowest BCUT2D eigenvalue weighted by atomic mass is 10.1. The molecule has 8 heteroatoms. The lowest BCUT2D eigenvalue weighted by molar-refractivity contribution is -0.125. The summed E-state index contributed by atoms with van der Waals surface area (Å²) in [6, 6.07) is 7.10. The minimum absolute atomic E-state index is 0. The van der Waals surface area contributed by atoms with Crippen LogP contribution in [-0.4, -0.2) is 34.0 Å². The molecule has 138 valence electrons. The van der Waals surface area contributed by atoms with E-state index < -0.39 is 6.04 Å². The Kier molecular flexibility index (Phi) is 7.86. The Labute approximate surface area is 153 Å². The smallest absolute Gasteiger partial charge is 0.246 e. The van der Waals surface area contributed by atoms with E-state index >= 15 is 0 Å². The number of anilines is 1. The van der Waals surface area contributed by atoms with Crippen LogP contribution in [0.5, 0.6) is 0 Å². The van der Waals surface area contributed by atoms with Crippen LogP contribution in [-0.2, 0) is 16.1 Å². The summed E-state index contributed by atoms with van der Waals surface area (Å²) < 4.78 is 1.97. The van der Waals surface area contributed by atoms with Crippen molar-refractivity contribution in [2.45, 2.75) is 39.8 Å². The van der Waals surface area contributed by atoms with Crippen LogP contribution in [0.1, 0.15) is 27.2 Å². The van der Waals surface area contributed by atoms with Gasteiger partial charge in [-0.3, -0.25) is 14.9 Å². The molecular weight excluding hydrogens is 342 g/mol. The Balaban J connectivity index is 0.00000312. The molecule has 0 spiro atoms. The number of aromatic nitrogens is 2. The van der Waals surface area contributed by atoms with Crippen LogP contribution in [0.3, 0.4) is 0 Å². The predicted molar refractivity (Wildman–Crippen MR) is 102 cm³/mol. The number of fused-ring (bicyclic) bond motifs is 1. The van der Waals surface area contributed by atoms with Crippen molar-refractivity contribution in [3.63, 3.8) is 0 Å². The van der Waals surface area contributed by atoms with Gasteiger partial charge in [-0.2, -0.15) is 0 Å². The van der Waals surface area contributed by atoms with Crippen molar-refractivity contribution in [3.05, 3.63) is 24.3 Å². The summed E-state index contributed by atoms with van der Waals surface area (Å²) in [6.45, 7) is 6.40. The van der Waals surface area contributed by atoms with Gasteiger partial charge in [0.2, 0.25) is 17.8 Å². The molecule has 0 unspecified atom stereocenters. The first-order valence-electron chi connectivity index (χ1n) is 8.22. The maximum absolute atomic E-state index is 12.1. The highest BCUT2D eigenvalue weighted by molar-refractivity contribution is 5.95. The fourth-order valence-corrected chi connectivity index (χ4v) is 2.38. The molecule has 0 bridgehead atoms. The van der Waals surface area contributed by atoms with Crippen LogP contribution in [0.25, 0.3) is 11.0 Å². The van der Waals surface area contributed by atoms with E-state index in [4.69, 9.17) is 5.73 Å². The number of nitrogens with zero attached hydrogens (tertiary/aromatic N) is 2. The number of rotatable bonds is 7. The third-order valence-electron chi connectivity index (χ3n) is 3.80. The van der Waals surface area contributed by atoms with Gasteiger partial charge in [-0.05, 0) is 24.5 Å². The fourth-order valence-electron chi connectivity index (χ4n) is 2.38. The van der Waals surface area contributed by atoms with Gasteiger partial charge >= 0.3 is 0 Å². The van der Waals surface area contributed by atoms with Crippen LogP contribution < -0.4 is 16.4 Å². The second kappa shape index (κ2) is 9.39. The summed E-state index contributed by atoms with van der Waals surface area (Å²) >= 11 is 0. The second-order valence-corrected chi connectivity index (χ2v) is 6.11. The summed E-state index contributed by atoms with van der Waals surface area (Å²) in [5.41, 5.74) is 7.55. The van der Waals surface area contributed by atoms with Crippen LogP contribution >= 0.6 is 12.4 Å². The molecule has 1 heterocycles. The van der Waals surface area contributed by atoms with Gasteiger partial charge < -0.3 is 15.6 Å². The highest BCUT2D eigenvalue weighted by Gasteiger charge is 2.18. The van der Waals surface area contributed by atoms with E-state index in [-0.39, 0.29) is 36.7 Å². The van der Waals surface area contributed by atoms with Crippen molar-refractivity contribution in [3.8, 4) is 0 Å². The Morgan fingerprint density at radius 1 is 1.28 bits per heavy atom. The van der Waals surface area contributed by atoms with E-state index in [1.165, 1.54) is 0 Å². The van der Waals surface area contributed by atoms with Crippen LogP contribution in [0, 0.1) is 5.92 Å². The molecule has 0 aliphatic heterocycles. The molecule has 7 nitrogen and oxygen atoms in total. The number of para-hydroxylation sites is 2. The Morgan fingerprint density at radius 2 is 1.96 bits per heavy atom. The number of hydrogen-bond acceptors (Lipinski definition) is 4. The third kappa shape index (κ3) is 5.17. The van der Waals surface area contributed by atoms with E-state index in [2.05, 4.69) is 22.5 Å². The van der Waals surface area contributed by atoms with Gasteiger partial charge in [-0.15, -0.1) is 12.4 Å². The number of nitrogens with one attached hydrogen (secondary N) is 2. The molecule has 1 atom stereocenters. The predicted octanol–water partition coefficient (Wildman–Crippen LogP) is 1.91. The number of aryl methyl sites for hydroxylation is 1. The summed E-state index contributed by atoms with van der Waals surface area (Å²) in [6.07, 6.45) is 0.920. The molecule has 0 radical (unpaired) electrons. The number of benzene rings is 1. The lowest BCUT2D eigenvalue weighted by Crippen LogP contribution is -2.46. The minimum atomic E-state index is -0.623. The SMILES string of the molecule is CCCn1c(NC(=O)CNC(=O)[C@@H](N)C(C)C)nc2ccccc21.Cl. The van der Waals surface area contributed by atoms with Crippen molar-refractivity contribution < 1.29 is 9.59 Å². The van der Waals surface area contributed by atoms with Crippen molar-refractivity contribution in [2.24, 2.45) is 11.7 Å². The number of imidazole rings is 1. The zero-order valence-electron chi connectivity index (χ0n) is 14.8. The summed E-state index contributed by atoms with van der Waals surface area (Å²) in [7, 11) is 0. The molecule has 0 saturated heterocycles. The van der Waals surface area contributed by atoms with E-state index in [9.17, 15) is 9.59 Å². The summed E-state index contributed by atoms with van der Waals surface area (Å²) in [5.74, 6) is -0.151.